The third-order valence-corrected chi connectivity index (χ3v) is 6.84. The Balaban J connectivity index is 1.46. The number of aromatic nitrogens is 1. The van der Waals surface area contributed by atoms with Crippen molar-refractivity contribution >= 4 is 28.2 Å². The summed E-state index contributed by atoms with van der Waals surface area (Å²) in [7, 11) is 0. The van der Waals surface area contributed by atoms with Gasteiger partial charge in [0.05, 0.1) is 18.1 Å². The first-order valence-electron chi connectivity index (χ1n) is 12.0. The lowest BCUT2D eigenvalue weighted by atomic mass is 10.0. The smallest absolute Gasteiger partial charge is 0.253 e. The first kappa shape index (κ1) is 23.9. The summed E-state index contributed by atoms with van der Waals surface area (Å²) in [6, 6.07) is 22.2. The highest BCUT2D eigenvalue weighted by Crippen LogP contribution is 2.33. The molecule has 36 heavy (non-hydrogen) atoms. The van der Waals surface area contributed by atoms with Crippen LogP contribution in [-0.2, 0) is 13.1 Å². The van der Waals surface area contributed by atoms with Crippen molar-refractivity contribution in [3.63, 3.8) is 0 Å². The van der Waals surface area contributed by atoms with Crippen molar-refractivity contribution in [3.05, 3.63) is 105 Å². The molecule has 7 heteroatoms. The van der Waals surface area contributed by atoms with Crippen molar-refractivity contribution in [1.29, 1.82) is 0 Å². The monoisotopic (exact) mass is 499 g/mol. The summed E-state index contributed by atoms with van der Waals surface area (Å²) in [5, 5.41) is 5.04. The zero-order valence-corrected chi connectivity index (χ0v) is 21.4. The van der Waals surface area contributed by atoms with Gasteiger partial charge in [0.15, 0.2) is 16.6 Å². The second-order valence-electron chi connectivity index (χ2n) is 9.30. The molecular formula is C29H29N3O3S. The SMILES string of the molecule is Cc1cc(C)c2[nH]c(=O)c(CN(Cc3ccc4c(c3)OCO4)C(=S)NC(C)c3ccccc3)cc2c1. The Labute approximate surface area is 215 Å². The van der Waals surface area contributed by atoms with Crippen molar-refractivity contribution in [2.24, 2.45) is 0 Å². The fraction of sp³-hybridized carbons (Fsp3) is 0.241. The third-order valence-electron chi connectivity index (χ3n) is 6.47. The average Bonchev–Trinajstić information content (AvgIpc) is 3.33. The number of benzene rings is 3. The van der Waals surface area contributed by atoms with E-state index in [1.807, 2.05) is 54.3 Å². The number of fused-ring (bicyclic) bond motifs is 2. The Morgan fingerprint density at radius 1 is 1.03 bits per heavy atom. The van der Waals surface area contributed by atoms with E-state index in [2.05, 4.69) is 48.4 Å². The predicted molar refractivity (Wildman–Crippen MR) is 146 cm³/mol. The molecule has 3 aromatic carbocycles. The van der Waals surface area contributed by atoms with E-state index < -0.39 is 0 Å². The Morgan fingerprint density at radius 2 is 1.81 bits per heavy atom. The molecule has 0 spiro atoms. The minimum absolute atomic E-state index is 0.0122. The molecule has 0 fully saturated rings. The van der Waals surface area contributed by atoms with Crippen LogP contribution in [-0.4, -0.2) is 21.8 Å². The summed E-state index contributed by atoms with van der Waals surface area (Å²) in [5.74, 6) is 1.46. The summed E-state index contributed by atoms with van der Waals surface area (Å²) < 4.78 is 11.0. The summed E-state index contributed by atoms with van der Waals surface area (Å²) >= 11 is 5.88. The highest BCUT2D eigenvalue weighted by Gasteiger charge is 2.19. The number of aromatic amines is 1. The number of rotatable bonds is 6. The zero-order chi connectivity index (χ0) is 25.2. The zero-order valence-electron chi connectivity index (χ0n) is 20.6. The van der Waals surface area contributed by atoms with Gasteiger partial charge in [0.25, 0.3) is 5.56 Å². The van der Waals surface area contributed by atoms with Crippen LogP contribution in [0.5, 0.6) is 11.5 Å². The van der Waals surface area contributed by atoms with Crippen LogP contribution in [0.3, 0.4) is 0 Å². The van der Waals surface area contributed by atoms with Crippen LogP contribution in [0.1, 0.15) is 40.8 Å². The molecule has 0 aliphatic carbocycles. The Hall–Kier alpha value is -3.84. The normalized spacial score (nSPS) is 13.0. The highest BCUT2D eigenvalue weighted by atomic mass is 32.1. The quantitative estimate of drug-likeness (QED) is 0.341. The van der Waals surface area contributed by atoms with Gasteiger partial charge in [0, 0.05) is 12.1 Å². The number of nitrogens with one attached hydrogen (secondary N) is 2. The lowest BCUT2D eigenvalue weighted by Gasteiger charge is -2.28. The van der Waals surface area contributed by atoms with Gasteiger partial charge >= 0.3 is 0 Å². The van der Waals surface area contributed by atoms with Gasteiger partial charge in [-0.25, -0.2) is 0 Å². The molecular weight excluding hydrogens is 470 g/mol. The van der Waals surface area contributed by atoms with E-state index in [1.165, 1.54) is 0 Å². The molecule has 2 N–H and O–H groups in total. The fourth-order valence-corrected chi connectivity index (χ4v) is 4.92. The molecule has 6 nitrogen and oxygen atoms in total. The van der Waals surface area contributed by atoms with Gasteiger partial charge in [-0.2, -0.15) is 0 Å². The van der Waals surface area contributed by atoms with Gasteiger partial charge in [-0.15, -0.1) is 0 Å². The summed E-state index contributed by atoms with van der Waals surface area (Å²) in [6.07, 6.45) is 0. The van der Waals surface area contributed by atoms with Gasteiger partial charge < -0.3 is 24.7 Å². The number of nitrogens with zero attached hydrogens (tertiary/aromatic N) is 1. The fourth-order valence-electron chi connectivity index (χ4n) is 4.62. The maximum Gasteiger partial charge on any atom is 0.253 e. The average molecular weight is 500 g/mol. The van der Waals surface area contributed by atoms with Crippen LogP contribution >= 0.6 is 12.2 Å². The molecule has 0 bridgehead atoms. The summed E-state index contributed by atoms with van der Waals surface area (Å²) in [4.78, 5) is 18.2. The molecule has 0 amide bonds. The lowest BCUT2D eigenvalue weighted by molar-refractivity contribution is 0.174. The molecule has 1 atom stereocenters. The molecule has 2 heterocycles. The van der Waals surface area contributed by atoms with Gasteiger partial charge in [-0.1, -0.05) is 48.0 Å². The van der Waals surface area contributed by atoms with E-state index in [9.17, 15) is 4.79 Å². The Kier molecular flexibility index (Phi) is 6.65. The lowest BCUT2D eigenvalue weighted by Crippen LogP contribution is -2.41. The van der Waals surface area contributed by atoms with Crippen LogP contribution in [0.2, 0.25) is 0 Å². The topological polar surface area (TPSA) is 66.6 Å². The largest absolute Gasteiger partial charge is 0.454 e. The second kappa shape index (κ2) is 10.0. The van der Waals surface area contributed by atoms with Crippen LogP contribution < -0.4 is 20.3 Å². The third kappa shape index (κ3) is 5.06. The Morgan fingerprint density at radius 3 is 2.61 bits per heavy atom. The number of pyridine rings is 1. The molecule has 1 aliphatic heterocycles. The van der Waals surface area contributed by atoms with E-state index >= 15 is 0 Å². The van der Waals surface area contributed by atoms with Crippen molar-refractivity contribution in [3.8, 4) is 11.5 Å². The van der Waals surface area contributed by atoms with E-state index in [4.69, 9.17) is 21.7 Å². The highest BCUT2D eigenvalue weighted by molar-refractivity contribution is 7.80. The van der Waals surface area contributed by atoms with Gasteiger partial charge in [0.1, 0.15) is 0 Å². The first-order valence-corrected chi connectivity index (χ1v) is 12.4. The predicted octanol–water partition coefficient (Wildman–Crippen LogP) is 5.51. The van der Waals surface area contributed by atoms with Crippen molar-refractivity contribution < 1.29 is 9.47 Å². The molecule has 0 saturated heterocycles. The number of aryl methyl sites for hydroxylation is 2. The van der Waals surface area contributed by atoms with Crippen molar-refractivity contribution in [2.75, 3.05) is 6.79 Å². The Bertz CT molecular complexity index is 1480. The van der Waals surface area contributed by atoms with Gasteiger partial charge in [-0.3, -0.25) is 4.79 Å². The van der Waals surface area contributed by atoms with Gasteiger partial charge in [-0.05, 0) is 79.3 Å². The molecule has 4 aromatic rings. The maximum absolute atomic E-state index is 13.1. The summed E-state index contributed by atoms with van der Waals surface area (Å²) in [5.41, 5.74) is 5.78. The number of H-pyrrole nitrogens is 1. The van der Waals surface area contributed by atoms with Crippen molar-refractivity contribution in [1.82, 2.24) is 15.2 Å². The van der Waals surface area contributed by atoms with Crippen molar-refractivity contribution in [2.45, 2.75) is 39.9 Å². The standard InChI is InChI=1S/C29H29N3O3S/c1-18-11-19(2)27-23(12-18)14-24(28(33)31-27)16-32(15-21-9-10-25-26(13-21)35-17-34-25)29(36)30-20(3)22-7-5-4-6-8-22/h4-14,20H,15-17H2,1-3H3,(H,30,36)(H,31,33). The molecule has 184 valence electrons. The van der Waals surface area contributed by atoms with Crippen LogP contribution in [0.15, 0.2) is 71.5 Å². The second-order valence-corrected chi connectivity index (χ2v) is 9.68. The molecule has 1 aliphatic rings. The minimum atomic E-state index is -0.107. The van der Waals surface area contributed by atoms with Crippen LogP contribution in [0.4, 0.5) is 0 Å². The maximum atomic E-state index is 13.1. The molecule has 0 saturated carbocycles. The van der Waals surface area contributed by atoms with Gasteiger partial charge in [0.2, 0.25) is 6.79 Å². The van der Waals surface area contributed by atoms with E-state index in [1.54, 1.807) is 0 Å². The molecule has 0 radical (unpaired) electrons. The van der Waals surface area contributed by atoms with Crippen LogP contribution in [0, 0.1) is 13.8 Å². The molecule has 5 rings (SSSR count). The number of hydrogen-bond acceptors (Lipinski definition) is 4. The molecule has 1 aromatic heterocycles. The number of ether oxygens (including phenoxy) is 2. The van der Waals surface area contributed by atoms with Crippen LogP contribution in [0.25, 0.3) is 10.9 Å². The van der Waals surface area contributed by atoms with E-state index in [0.29, 0.717) is 23.8 Å². The first-order chi connectivity index (χ1) is 17.4. The van der Waals surface area contributed by atoms with E-state index in [0.717, 1.165) is 44.7 Å². The minimum Gasteiger partial charge on any atom is -0.454 e. The number of thiocarbonyl (C=S) groups is 1. The van der Waals surface area contributed by atoms with E-state index in [-0.39, 0.29) is 18.4 Å². The summed E-state index contributed by atoms with van der Waals surface area (Å²) in [6.45, 7) is 7.25. The number of hydrogen-bond donors (Lipinski definition) is 2. The molecule has 1 unspecified atom stereocenters.